The van der Waals surface area contributed by atoms with Gasteiger partial charge in [0.25, 0.3) is 5.91 Å². The number of rotatable bonds is 12. The number of nitrogens with one attached hydrogen (secondary N) is 1. The molecule has 0 unspecified atom stereocenters. The van der Waals surface area contributed by atoms with Gasteiger partial charge in [-0.2, -0.15) is 0 Å². The second-order valence-corrected chi connectivity index (χ2v) is 12.3. The Balaban J connectivity index is 1.72. The van der Waals surface area contributed by atoms with Gasteiger partial charge in [0.05, 0.1) is 18.8 Å². The van der Waals surface area contributed by atoms with E-state index < -0.39 is 15.9 Å². The minimum atomic E-state index is -3.99. The van der Waals surface area contributed by atoms with Crippen molar-refractivity contribution in [3.8, 4) is 16.9 Å². The van der Waals surface area contributed by atoms with Crippen molar-refractivity contribution in [2.75, 3.05) is 18.1 Å². The molecule has 9 heteroatoms. The fourth-order valence-corrected chi connectivity index (χ4v) is 6.28. The third-order valence-corrected chi connectivity index (χ3v) is 8.63. The first-order valence-corrected chi connectivity index (χ1v) is 16.1. The molecule has 0 aliphatic heterocycles. The van der Waals surface area contributed by atoms with Crippen molar-refractivity contribution in [3.05, 3.63) is 113 Å². The Labute approximate surface area is 257 Å². The third-order valence-electron chi connectivity index (χ3n) is 6.88. The maximum atomic E-state index is 14.4. The van der Waals surface area contributed by atoms with E-state index in [4.69, 9.17) is 20.8 Å². The van der Waals surface area contributed by atoms with Crippen LogP contribution in [0.25, 0.3) is 22.1 Å². The fourth-order valence-electron chi connectivity index (χ4n) is 4.76. The first-order valence-electron chi connectivity index (χ1n) is 14.2. The number of para-hydroxylation sites is 1. The number of halogens is 1. The highest BCUT2D eigenvalue weighted by atomic mass is 35.5. The van der Waals surface area contributed by atoms with Crippen LogP contribution in [0.2, 0.25) is 5.02 Å². The maximum Gasteiger partial charge on any atom is 0.294 e. The molecule has 5 rings (SSSR count). The third kappa shape index (κ3) is 6.94. The van der Waals surface area contributed by atoms with Crippen molar-refractivity contribution in [3.63, 3.8) is 0 Å². The quantitative estimate of drug-likeness (QED) is 0.153. The summed E-state index contributed by atoms with van der Waals surface area (Å²) in [6.45, 7) is 4.59. The van der Waals surface area contributed by atoms with Crippen molar-refractivity contribution in [2.45, 2.75) is 38.1 Å². The molecule has 1 N–H and O–H groups in total. The number of hydrogen-bond donors (Lipinski definition) is 1. The normalized spacial score (nSPS) is 11.5. The Morgan fingerprint density at radius 1 is 0.884 bits per heavy atom. The standard InChI is InChI=1S/C34H33ClN2O5S/c1-3-18-36-43(39,40)33-17-14-25(24-10-6-5-7-11-24)21-29(33)37(23-27-20-28(35)15-16-30(27)41-19-4-2)34(38)32-22-26-12-8-9-13-31(26)42-32/h5-17,20-22,36H,3-4,18-19,23H2,1-2H3. The molecule has 222 valence electrons. The topological polar surface area (TPSA) is 88.9 Å². The number of ether oxygens (including phenoxy) is 1. The van der Waals surface area contributed by atoms with Crippen molar-refractivity contribution in [1.29, 1.82) is 0 Å². The van der Waals surface area contributed by atoms with E-state index >= 15 is 0 Å². The van der Waals surface area contributed by atoms with Gasteiger partial charge in [0.2, 0.25) is 10.0 Å². The molecule has 0 saturated heterocycles. The summed E-state index contributed by atoms with van der Waals surface area (Å²) in [6.07, 6.45) is 1.40. The second-order valence-electron chi connectivity index (χ2n) is 10.1. The fraction of sp³-hybridized carbons (Fsp3) is 0.206. The molecule has 4 aromatic carbocycles. The van der Waals surface area contributed by atoms with E-state index in [1.54, 1.807) is 48.5 Å². The predicted octanol–water partition coefficient (Wildman–Crippen LogP) is 8.08. The molecular formula is C34H33ClN2O5S. The zero-order valence-corrected chi connectivity index (χ0v) is 25.6. The van der Waals surface area contributed by atoms with E-state index in [1.165, 1.54) is 4.90 Å². The van der Waals surface area contributed by atoms with Crippen LogP contribution in [0.3, 0.4) is 0 Å². The Bertz CT molecular complexity index is 1800. The average molecular weight is 617 g/mol. The summed E-state index contributed by atoms with van der Waals surface area (Å²) >= 11 is 6.41. The average Bonchev–Trinajstić information content (AvgIpc) is 3.47. The number of nitrogens with zero attached hydrogens (tertiary/aromatic N) is 1. The van der Waals surface area contributed by atoms with Crippen LogP contribution in [0.5, 0.6) is 5.75 Å². The minimum Gasteiger partial charge on any atom is -0.493 e. The Kier molecular flexibility index (Phi) is 9.50. The number of carbonyl (C=O) groups excluding carboxylic acids is 1. The van der Waals surface area contributed by atoms with Gasteiger partial charge in [0.15, 0.2) is 5.76 Å². The minimum absolute atomic E-state index is 0.0238. The summed E-state index contributed by atoms with van der Waals surface area (Å²) in [6, 6.07) is 28.8. The molecule has 0 atom stereocenters. The zero-order chi connectivity index (χ0) is 30.4. The molecule has 1 aromatic heterocycles. The van der Waals surface area contributed by atoms with Gasteiger partial charge in [-0.05, 0) is 66.4 Å². The number of carbonyl (C=O) groups is 1. The highest BCUT2D eigenvalue weighted by Gasteiger charge is 2.29. The predicted molar refractivity (Wildman–Crippen MR) is 171 cm³/mol. The van der Waals surface area contributed by atoms with Crippen molar-refractivity contribution < 1.29 is 22.4 Å². The van der Waals surface area contributed by atoms with Crippen LogP contribution in [0, 0.1) is 0 Å². The van der Waals surface area contributed by atoms with Gasteiger partial charge < -0.3 is 9.15 Å². The van der Waals surface area contributed by atoms with E-state index in [1.807, 2.05) is 62.4 Å². The number of benzene rings is 4. The Morgan fingerprint density at radius 3 is 2.40 bits per heavy atom. The largest absolute Gasteiger partial charge is 0.493 e. The van der Waals surface area contributed by atoms with Crippen LogP contribution in [-0.2, 0) is 16.6 Å². The van der Waals surface area contributed by atoms with Gasteiger partial charge in [-0.3, -0.25) is 9.69 Å². The lowest BCUT2D eigenvalue weighted by Gasteiger charge is -2.26. The number of hydrogen-bond acceptors (Lipinski definition) is 5. The molecule has 0 radical (unpaired) electrons. The van der Waals surface area contributed by atoms with E-state index in [0.717, 1.165) is 22.9 Å². The molecule has 1 heterocycles. The van der Waals surface area contributed by atoms with E-state index in [-0.39, 0.29) is 29.4 Å². The molecule has 0 aliphatic rings. The summed E-state index contributed by atoms with van der Waals surface area (Å²) < 4.78 is 42.0. The Hall–Kier alpha value is -4.11. The molecule has 0 bridgehead atoms. The summed E-state index contributed by atoms with van der Waals surface area (Å²) in [5.41, 5.74) is 3.01. The van der Waals surface area contributed by atoms with Gasteiger partial charge in [-0.15, -0.1) is 0 Å². The lowest BCUT2D eigenvalue weighted by Crippen LogP contribution is -2.33. The van der Waals surface area contributed by atoms with Crippen molar-refractivity contribution >= 4 is 44.2 Å². The monoisotopic (exact) mass is 616 g/mol. The van der Waals surface area contributed by atoms with Crippen molar-refractivity contribution in [2.24, 2.45) is 0 Å². The van der Waals surface area contributed by atoms with Crippen molar-refractivity contribution in [1.82, 2.24) is 4.72 Å². The zero-order valence-electron chi connectivity index (χ0n) is 24.0. The molecule has 0 spiro atoms. The molecule has 7 nitrogen and oxygen atoms in total. The molecule has 0 aliphatic carbocycles. The van der Waals surface area contributed by atoms with Gasteiger partial charge in [-0.1, -0.05) is 80.0 Å². The van der Waals surface area contributed by atoms with Crippen LogP contribution in [0.4, 0.5) is 5.69 Å². The van der Waals surface area contributed by atoms with E-state index in [2.05, 4.69) is 4.72 Å². The molecule has 5 aromatic rings. The molecular weight excluding hydrogens is 584 g/mol. The number of fused-ring (bicyclic) bond motifs is 1. The summed E-state index contributed by atoms with van der Waals surface area (Å²) in [5, 5.41) is 1.22. The molecule has 1 amide bonds. The van der Waals surface area contributed by atoms with Crippen LogP contribution >= 0.6 is 11.6 Å². The maximum absolute atomic E-state index is 14.4. The SMILES string of the molecule is CCCNS(=O)(=O)c1ccc(-c2ccccc2)cc1N(Cc1cc(Cl)ccc1OCCC)C(=O)c1cc2ccccc2o1. The van der Waals surface area contributed by atoms with Gasteiger partial charge in [0, 0.05) is 22.5 Å². The first-order chi connectivity index (χ1) is 20.8. The van der Waals surface area contributed by atoms with Crippen LogP contribution in [0.15, 0.2) is 106 Å². The first kappa shape index (κ1) is 30.4. The number of furan rings is 1. The smallest absolute Gasteiger partial charge is 0.294 e. The van der Waals surface area contributed by atoms with E-state index in [0.29, 0.717) is 34.9 Å². The lowest BCUT2D eigenvalue weighted by atomic mass is 10.0. The number of amides is 1. The Morgan fingerprint density at radius 2 is 1.65 bits per heavy atom. The lowest BCUT2D eigenvalue weighted by molar-refractivity contribution is 0.0960. The number of sulfonamides is 1. The summed E-state index contributed by atoms with van der Waals surface area (Å²) in [5.74, 6) is 0.130. The van der Waals surface area contributed by atoms with Gasteiger partial charge >= 0.3 is 0 Å². The van der Waals surface area contributed by atoms with E-state index in [9.17, 15) is 13.2 Å². The molecule has 43 heavy (non-hydrogen) atoms. The van der Waals surface area contributed by atoms with Gasteiger partial charge in [0.1, 0.15) is 16.2 Å². The summed E-state index contributed by atoms with van der Waals surface area (Å²) in [7, 11) is -3.99. The highest BCUT2D eigenvalue weighted by Crippen LogP contribution is 2.35. The van der Waals surface area contributed by atoms with Crippen LogP contribution < -0.4 is 14.4 Å². The molecule has 0 saturated carbocycles. The van der Waals surface area contributed by atoms with Crippen LogP contribution in [-0.4, -0.2) is 27.5 Å². The van der Waals surface area contributed by atoms with Crippen LogP contribution in [0.1, 0.15) is 42.8 Å². The molecule has 0 fully saturated rings. The summed E-state index contributed by atoms with van der Waals surface area (Å²) in [4.78, 5) is 15.8. The highest BCUT2D eigenvalue weighted by molar-refractivity contribution is 7.89. The number of anilines is 1. The van der Waals surface area contributed by atoms with Gasteiger partial charge in [-0.25, -0.2) is 13.1 Å². The second kappa shape index (κ2) is 13.5.